The van der Waals surface area contributed by atoms with Crippen LogP contribution in [0.1, 0.15) is 6.92 Å². The highest BCUT2D eigenvalue weighted by atomic mass is 127. The van der Waals surface area contributed by atoms with Gasteiger partial charge in [-0.1, -0.05) is 12.1 Å². The van der Waals surface area contributed by atoms with Gasteiger partial charge in [-0.15, -0.1) is 24.0 Å². The maximum atomic E-state index is 13.5. The lowest BCUT2D eigenvalue weighted by molar-refractivity contribution is 0.214. The van der Waals surface area contributed by atoms with Crippen LogP contribution in [0.4, 0.5) is 4.39 Å². The topological polar surface area (TPSA) is 50.6 Å². The van der Waals surface area contributed by atoms with Gasteiger partial charge in [0.2, 0.25) is 0 Å². The summed E-state index contributed by atoms with van der Waals surface area (Å²) in [5.74, 6) is 0.604. The van der Waals surface area contributed by atoms with E-state index in [1.165, 1.54) is 6.07 Å². The summed E-state index contributed by atoms with van der Waals surface area (Å²) in [5.41, 5.74) is 0. The standard InChI is InChI=1S/C17H23FN4O.HI/c1-14(23-16-8-4-3-7-15(16)18)13-21-17(19-2)20-9-12-22-10-5-6-11-22;/h3-8,10-11,14H,9,12-13H2,1-2H3,(H2,19,20,21);1H. The molecular weight excluding hydrogens is 422 g/mol. The number of benzene rings is 1. The van der Waals surface area contributed by atoms with Gasteiger partial charge in [-0.05, 0) is 31.2 Å². The first-order chi connectivity index (χ1) is 11.2. The Morgan fingerprint density at radius 3 is 2.58 bits per heavy atom. The van der Waals surface area contributed by atoms with Crippen molar-refractivity contribution in [2.75, 3.05) is 20.1 Å². The van der Waals surface area contributed by atoms with Crippen molar-refractivity contribution in [3.8, 4) is 5.75 Å². The van der Waals surface area contributed by atoms with E-state index in [-0.39, 0.29) is 41.6 Å². The molecule has 0 amide bonds. The van der Waals surface area contributed by atoms with Gasteiger partial charge in [0.1, 0.15) is 6.10 Å². The number of nitrogens with zero attached hydrogens (tertiary/aromatic N) is 2. The van der Waals surface area contributed by atoms with Crippen molar-refractivity contribution in [2.45, 2.75) is 19.6 Å². The number of rotatable bonds is 7. The molecule has 1 unspecified atom stereocenters. The Hall–Kier alpha value is -1.77. The second-order valence-corrected chi connectivity index (χ2v) is 5.16. The van der Waals surface area contributed by atoms with Gasteiger partial charge < -0.3 is 19.9 Å². The van der Waals surface area contributed by atoms with Crippen molar-refractivity contribution in [1.29, 1.82) is 0 Å². The molecule has 0 aliphatic heterocycles. The van der Waals surface area contributed by atoms with Gasteiger partial charge in [0, 0.05) is 32.5 Å². The minimum absolute atomic E-state index is 0. The minimum atomic E-state index is -0.353. The fraction of sp³-hybridized carbons (Fsp3) is 0.353. The molecule has 1 heterocycles. The van der Waals surface area contributed by atoms with Crippen LogP contribution in [-0.4, -0.2) is 36.8 Å². The predicted octanol–water partition coefficient (Wildman–Crippen LogP) is 2.88. The van der Waals surface area contributed by atoms with Gasteiger partial charge in [0.25, 0.3) is 0 Å². The van der Waals surface area contributed by atoms with E-state index in [1.807, 2.05) is 31.5 Å². The normalized spacial score (nSPS) is 12.2. The SMILES string of the molecule is CN=C(NCCn1cccc1)NCC(C)Oc1ccccc1F.I. The van der Waals surface area contributed by atoms with E-state index in [1.54, 1.807) is 25.2 Å². The van der Waals surface area contributed by atoms with Gasteiger partial charge in [-0.25, -0.2) is 4.39 Å². The van der Waals surface area contributed by atoms with Crippen LogP contribution in [0.15, 0.2) is 53.8 Å². The van der Waals surface area contributed by atoms with E-state index in [0.29, 0.717) is 12.5 Å². The van der Waals surface area contributed by atoms with Crippen LogP contribution in [0.5, 0.6) is 5.75 Å². The Labute approximate surface area is 159 Å². The highest BCUT2D eigenvalue weighted by molar-refractivity contribution is 14.0. The lowest BCUT2D eigenvalue weighted by Crippen LogP contribution is -2.42. The molecule has 0 spiro atoms. The zero-order valence-corrected chi connectivity index (χ0v) is 16.2. The van der Waals surface area contributed by atoms with Gasteiger partial charge in [-0.3, -0.25) is 4.99 Å². The molecule has 0 bridgehead atoms. The smallest absolute Gasteiger partial charge is 0.191 e. The molecule has 5 nitrogen and oxygen atoms in total. The van der Waals surface area contributed by atoms with Crippen LogP contribution in [0.25, 0.3) is 0 Å². The molecule has 0 saturated heterocycles. The van der Waals surface area contributed by atoms with Crippen LogP contribution in [0.2, 0.25) is 0 Å². The number of aromatic nitrogens is 1. The molecule has 24 heavy (non-hydrogen) atoms. The van der Waals surface area contributed by atoms with Crippen LogP contribution >= 0.6 is 24.0 Å². The van der Waals surface area contributed by atoms with Crippen molar-refractivity contribution in [3.63, 3.8) is 0 Å². The zero-order chi connectivity index (χ0) is 16.5. The Morgan fingerprint density at radius 2 is 1.92 bits per heavy atom. The third-order valence-corrected chi connectivity index (χ3v) is 3.27. The maximum absolute atomic E-state index is 13.5. The number of hydrogen-bond donors (Lipinski definition) is 2. The van der Waals surface area contributed by atoms with Gasteiger partial charge in [0.05, 0.1) is 6.54 Å². The first-order valence-corrected chi connectivity index (χ1v) is 7.65. The minimum Gasteiger partial charge on any atom is -0.486 e. The number of aliphatic imine (C=N–C) groups is 1. The van der Waals surface area contributed by atoms with E-state index in [4.69, 9.17) is 4.74 Å². The summed E-state index contributed by atoms with van der Waals surface area (Å²) in [6, 6.07) is 10.4. The summed E-state index contributed by atoms with van der Waals surface area (Å²) >= 11 is 0. The second-order valence-electron chi connectivity index (χ2n) is 5.16. The van der Waals surface area contributed by atoms with Crippen molar-refractivity contribution in [3.05, 3.63) is 54.6 Å². The third kappa shape index (κ3) is 6.77. The number of ether oxygens (including phenoxy) is 1. The van der Waals surface area contributed by atoms with Crippen molar-refractivity contribution in [1.82, 2.24) is 15.2 Å². The molecule has 2 rings (SSSR count). The third-order valence-electron chi connectivity index (χ3n) is 3.27. The van der Waals surface area contributed by atoms with E-state index in [9.17, 15) is 4.39 Å². The average Bonchev–Trinajstić information content (AvgIpc) is 3.06. The summed E-state index contributed by atoms with van der Waals surface area (Å²) in [7, 11) is 1.72. The van der Waals surface area contributed by atoms with Crippen molar-refractivity contribution >= 4 is 29.9 Å². The molecule has 0 radical (unpaired) electrons. The van der Waals surface area contributed by atoms with Gasteiger partial charge in [0.15, 0.2) is 17.5 Å². The predicted molar refractivity (Wildman–Crippen MR) is 106 cm³/mol. The number of hydrogen-bond acceptors (Lipinski definition) is 2. The number of halogens is 2. The lowest BCUT2D eigenvalue weighted by atomic mass is 10.3. The van der Waals surface area contributed by atoms with Crippen LogP contribution in [-0.2, 0) is 6.54 Å². The van der Waals surface area contributed by atoms with Crippen LogP contribution in [0, 0.1) is 5.82 Å². The monoisotopic (exact) mass is 446 g/mol. The van der Waals surface area contributed by atoms with Crippen molar-refractivity contribution < 1.29 is 9.13 Å². The Bertz CT molecular complexity index is 619. The highest BCUT2D eigenvalue weighted by Crippen LogP contribution is 2.16. The molecule has 0 fully saturated rings. The first-order valence-electron chi connectivity index (χ1n) is 7.65. The average molecular weight is 446 g/mol. The van der Waals surface area contributed by atoms with Gasteiger partial charge >= 0.3 is 0 Å². The maximum Gasteiger partial charge on any atom is 0.191 e. The van der Waals surface area contributed by atoms with E-state index in [0.717, 1.165) is 13.1 Å². The zero-order valence-electron chi connectivity index (χ0n) is 13.9. The Kier molecular flexibility index (Phi) is 9.21. The number of para-hydroxylation sites is 1. The molecule has 1 aromatic heterocycles. The van der Waals surface area contributed by atoms with Crippen LogP contribution < -0.4 is 15.4 Å². The molecule has 2 aromatic rings. The molecular formula is C17H24FIN4O. The Morgan fingerprint density at radius 1 is 1.21 bits per heavy atom. The fourth-order valence-electron chi connectivity index (χ4n) is 2.08. The van der Waals surface area contributed by atoms with Crippen LogP contribution in [0.3, 0.4) is 0 Å². The molecule has 1 atom stereocenters. The largest absolute Gasteiger partial charge is 0.486 e. The molecule has 0 saturated carbocycles. The number of nitrogens with one attached hydrogen (secondary N) is 2. The van der Waals surface area contributed by atoms with E-state index >= 15 is 0 Å². The molecule has 2 N–H and O–H groups in total. The molecule has 132 valence electrons. The van der Waals surface area contributed by atoms with E-state index in [2.05, 4.69) is 20.2 Å². The highest BCUT2D eigenvalue weighted by Gasteiger charge is 2.08. The molecule has 0 aliphatic carbocycles. The lowest BCUT2D eigenvalue weighted by Gasteiger charge is -2.18. The van der Waals surface area contributed by atoms with E-state index < -0.39 is 0 Å². The fourth-order valence-corrected chi connectivity index (χ4v) is 2.08. The first kappa shape index (κ1) is 20.3. The summed E-state index contributed by atoms with van der Waals surface area (Å²) in [6.45, 7) is 4.02. The number of guanidine groups is 1. The summed E-state index contributed by atoms with van der Waals surface area (Å²) in [6.07, 6.45) is 3.85. The molecule has 0 aliphatic rings. The second kappa shape index (κ2) is 10.9. The summed E-state index contributed by atoms with van der Waals surface area (Å²) < 4.78 is 21.2. The molecule has 1 aromatic carbocycles. The molecule has 7 heteroatoms. The van der Waals surface area contributed by atoms with Crippen molar-refractivity contribution in [2.24, 2.45) is 4.99 Å². The summed E-state index contributed by atoms with van der Waals surface area (Å²) in [5, 5.41) is 6.40. The quantitative estimate of drug-likeness (QED) is 0.391. The van der Waals surface area contributed by atoms with Gasteiger partial charge in [-0.2, -0.15) is 0 Å². The Balaban J connectivity index is 0.00000288. The summed E-state index contributed by atoms with van der Waals surface area (Å²) in [4.78, 5) is 4.16.